The summed E-state index contributed by atoms with van der Waals surface area (Å²) >= 11 is 0. The van der Waals surface area contributed by atoms with E-state index >= 15 is 0 Å². The Labute approximate surface area is 170 Å². The van der Waals surface area contributed by atoms with Gasteiger partial charge in [-0.15, -0.1) is 0 Å². The molecule has 0 radical (unpaired) electrons. The van der Waals surface area contributed by atoms with E-state index < -0.39 is 5.82 Å². The monoisotopic (exact) mass is 396 g/mol. The molecule has 0 unspecified atom stereocenters. The van der Waals surface area contributed by atoms with Crippen LogP contribution in [-0.4, -0.2) is 14.5 Å². The molecule has 1 aliphatic heterocycles. The van der Waals surface area contributed by atoms with Crippen molar-refractivity contribution in [1.82, 2.24) is 14.5 Å². The molecule has 3 aromatic heterocycles. The summed E-state index contributed by atoms with van der Waals surface area (Å²) in [6, 6.07) is 16.4. The average molecular weight is 396 g/mol. The van der Waals surface area contributed by atoms with E-state index in [2.05, 4.69) is 9.97 Å². The zero-order valence-electron chi connectivity index (χ0n) is 15.5. The maximum Gasteiger partial charge on any atom is 0.263 e. The summed E-state index contributed by atoms with van der Waals surface area (Å²) in [7, 11) is 0. The van der Waals surface area contributed by atoms with E-state index in [0.29, 0.717) is 39.5 Å². The van der Waals surface area contributed by atoms with Crippen LogP contribution in [0.1, 0.15) is 11.4 Å². The normalized spacial score (nSPS) is 11.7. The van der Waals surface area contributed by atoms with Crippen LogP contribution in [0, 0.1) is 17.1 Å². The molecule has 0 N–H and O–H groups in total. The molecule has 0 atom stereocenters. The van der Waals surface area contributed by atoms with Gasteiger partial charge >= 0.3 is 0 Å². The Morgan fingerprint density at radius 2 is 1.77 bits per heavy atom. The molecule has 7 heteroatoms. The van der Waals surface area contributed by atoms with Crippen LogP contribution >= 0.6 is 0 Å². The van der Waals surface area contributed by atoms with Gasteiger partial charge in [0.1, 0.15) is 35.6 Å². The third-order valence-corrected chi connectivity index (χ3v) is 4.98. The summed E-state index contributed by atoms with van der Waals surface area (Å²) in [6.07, 6.45) is 3.15. The number of aromatic nitrogens is 3. The first kappa shape index (κ1) is 17.8. The fraction of sp³-hybridized carbons (Fsp3) is 0.0435. The van der Waals surface area contributed by atoms with Crippen molar-refractivity contribution in [3.63, 3.8) is 0 Å². The number of halogens is 1. The highest BCUT2D eigenvalue weighted by Crippen LogP contribution is 2.37. The van der Waals surface area contributed by atoms with Gasteiger partial charge in [-0.25, -0.2) is 9.37 Å². The molecule has 0 saturated heterocycles. The molecular weight excluding hydrogens is 383 g/mol. The summed E-state index contributed by atoms with van der Waals surface area (Å²) in [4.78, 5) is 22.1. The molecule has 6 nitrogen and oxygen atoms in total. The van der Waals surface area contributed by atoms with Crippen LogP contribution in [0.2, 0.25) is 0 Å². The van der Waals surface area contributed by atoms with Gasteiger partial charge in [0.2, 0.25) is 0 Å². The van der Waals surface area contributed by atoms with Crippen LogP contribution in [0.4, 0.5) is 4.39 Å². The molecule has 1 aliphatic rings. The van der Waals surface area contributed by atoms with Gasteiger partial charge in [-0.1, -0.05) is 0 Å². The minimum absolute atomic E-state index is 0.147. The predicted octanol–water partition coefficient (Wildman–Crippen LogP) is 3.86. The summed E-state index contributed by atoms with van der Waals surface area (Å²) in [5.74, 6) is 0.200. The number of hydrogen-bond acceptors (Lipinski definition) is 5. The smallest absolute Gasteiger partial charge is 0.263 e. The second kappa shape index (κ2) is 6.94. The van der Waals surface area contributed by atoms with Crippen molar-refractivity contribution in [2.75, 3.05) is 0 Å². The molecule has 4 aromatic rings. The van der Waals surface area contributed by atoms with E-state index in [1.54, 1.807) is 30.5 Å². The van der Waals surface area contributed by atoms with E-state index in [9.17, 15) is 14.4 Å². The van der Waals surface area contributed by atoms with Crippen molar-refractivity contribution in [1.29, 1.82) is 5.26 Å². The van der Waals surface area contributed by atoms with Crippen molar-refractivity contribution in [3.8, 4) is 39.9 Å². The van der Waals surface area contributed by atoms with Gasteiger partial charge in [0, 0.05) is 29.2 Å². The van der Waals surface area contributed by atoms with E-state index in [0.717, 1.165) is 0 Å². The Morgan fingerprint density at radius 1 is 1.00 bits per heavy atom. The highest BCUT2D eigenvalue weighted by atomic mass is 19.1. The first-order valence-electron chi connectivity index (χ1n) is 9.16. The van der Waals surface area contributed by atoms with Gasteiger partial charge in [0.05, 0.1) is 11.3 Å². The Balaban J connectivity index is 1.89. The molecule has 0 aliphatic carbocycles. The molecule has 144 valence electrons. The summed E-state index contributed by atoms with van der Waals surface area (Å²) in [5.41, 5.74) is 2.92. The third-order valence-electron chi connectivity index (χ3n) is 4.98. The molecule has 0 spiro atoms. The van der Waals surface area contributed by atoms with E-state index in [1.165, 1.54) is 35.0 Å². The maximum atomic E-state index is 13.6. The quantitative estimate of drug-likeness (QED) is 0.514. The molecule has 0 bridgehead atoms. The van der Waals surface area contributed by atoms with Gasteiger partial charge in [-0.05, 0) is 54.6 Å². The Morgan fingerprint density at radius 3 is 2.57 bits per heavy atom. The van der Waals surface area contributed by atoms with Gasteiger partial charge in [0.25, 0.3) is 5.56 Å². The lowest BCUT2D eigenvalue weighted by atomic mass is 9.98. The van der Waals surface area contributed by atoms with E-state index in [4.69, 9.17) is 4.74 Å². The number of ether oxygens (including phenoxy) is 1. The predicted molar refractivity (Wildman–Crippen MR) is 108 cm³/mol. The first-order chi connectivity index (χ1) is 14.7. The van der Waals surface area contributed by atoms with Crippen molar-refractivity contribution >= 4 is 0 Å². The number of benzene rings is 1. The molecule has 0 fully saturated rings. The van der Waals surface area contributed by atoms with Crippen LogP contribution in [0.25, 0.3) is 28.1 Å². The maximum absolute atomic E-state index is 13.6. The lowest BCUT2D eigenvalue weighted by molar-refractivity contribution is 0.292. The van der Waals surface area contributed by atoms with Gasteiger partial charge in [-0.3, -0.25) is 14.3 Å². The van der Waals surface area contributed by atoms with E-state index in [1.807, 2.05) is 12.1 Å². The number of rotatable bonds is 2. The highest BCUT2D eigenvalue weighted by Gasteiger charge is 2.26. The molecule has 0 saturated carbocycles. The molecule has 1 aromatic carbocycles. The third kappa shape index (κ3) is 2.74. The lowest BCUT2D eigenvalue weighted by Crippen LogP contribution is -2.27. The standard InChI is InChI=1S/C23H13FN4O2/c24-14-5-7-15(8-6-14)28-20-13-30-21-4-2-10-27-22(21)18(20)11-17(23(28)29)16-3-1-9-26-19(16)12-25/h1-11H,13H2. The van der Waals surface area contributed by atoms with Crippen molar-refractivity contribution in [2.24, 2.45) is 0 Å². The Kier molecular flexibility index (Phi) is 4.11. The molecule has 4 heterocycles. The van der Waals surface area contributed by atoms with Crippen molar-refractivity contribution in [2.45, 2.75) is 6.61 Å². The second-order valence-corrected chi connectivity index (χ2v) is 6.69. The van der Waals surface area contributed by atoms with Gasteiger partial charge in [0.15, 0.2) is 0 Å². The van der Waals surface area contributed by atoms with Crippen molar-refractivity contribution < 1.29 is 9.13 Å². The Hall–Kier alpha value is -4.31. The van der Waals surface area contributed by atoms with Crippen LogP contribution in [0.3, 0.4) is 0 Å². The number of nitrogens with zero attached hydrogens (tertiary/aromatic N) is 4. The highest BCUT2D eigenvalue weighted by molar-refractivity contribution is 5.78. The zero-order valence-corrected chi connectivity index (χ0v) is 15.5. The fourth-order valence-electron chi connectivity index (χ4n) is 3.62. The molecular formula is C23H13FN4O2. The first-order valence-corrected chi connectivity index (χ1v) is 9.16. The lowest BCUT2D eigenvalue weighted by Gasteiger charge is -2.24. The minimum atomic E-state index is -0.404. The van der Waals surface area contributed by atoms with Crippen molar-refractivity contribution in [3.05, 3.63) is 94.5 Å². The number of pyridine rings is 3. The topological polar surface area (TPSA) is 80.8 Å². The van der Waals surface area contributed by atoms with Gasteiger partial charge < -0.3 is 4.74 Å². The summed E-state index contributed by atoms with van der Waals surface area (Å²) < 4.78 is 20.8. The Bertz CT molecular complexity index is 1390. The van der Waals surface area contributed by atoms with E-state index in [-0.39, 0.29) is 17.9 Å². The summed E-state index contributed by atoms with van der Waals surface area (Å²) in [5, 5.41) is 9.49. The largest absolute Gasteiger partial charge is 0.485 e. The average Bonchev–Trinajstić information content (AvgIpc) is 2.79. The number of nitriles is 1. The van der Waals surface area contributed by atoms with Gasteiger partial charge in [-0.2, -0.15) is 5.26 Å². The van der Waals surface area contributed by atoms with Crippen LogP contribution in [0.5, 0.6) is 5.75 Å². The molecule has 0 amide bonds. The van der Waals surface area contributed by atoms with Crippen LogP contribution in [-0.2, 0) is 6.61 Å². The summed E-state index contributed by atoms with van der Waals surface area (Å²) in [6.45, 7) is 0.152. The van der Waals surface area contributed by atoms with Crippen LogP contribution < -0.4 is 10.3 Å². The minimum Gasteiger partial charge on any atom is -0.485 e. The molecule has 30 heavy (non-hydrogen) atoms. The number of hydrogen-bond donors (Lipinski definition) is 0. The molecule has 5 rings (SSSR count). The fourth-order valence-corrected chi connectivity index (χ4v) is 3.62. The zero-order chi connectivity index (χ0) is 20.7. The second-order valence-electron chi connectivity index (χ2n) is 6.69. The SMILES string of the molecule is N#Cc1ncccc1-c1cc2c(n(-c3ccc(F)cc3)c1=O)COc1cccnc1-2. The van der Waals surface area contributed by atoms with Crippen LogP contribution in [0.15, 0.2) is 71.8 Å². The number of fused-ring (bicyclic) bond motifs is 3.